The van der Waals surface area contributed by atoms with E-state index < -0.39 is 0 Å². The molecule has 0 aromatic heterocycles. The van der Waals surface area contributed by atoms with Crippen LogP contribution in [-0.2, 0) is 4.43 Å². The summed E-state index contributed by atoms with van der Waals surface area (Å²) in [6.07, 6.45) is 0. The van der Waals surface area contributed by atoms with Crippen molar-refractivity contribution < 1.29 is 4.43 Å². The van der Waals surface area contributed by atoms with Gasteiger partial charge in [-0.05, 0) is 13.8 Å². The van der Waals surface area contributed by atoms with Crippen LogP contribution in [0.2, 0.25) is 0 Å². The van der Waals surface area contributed by atoms with Crippen LogP contribution in [0.5, 0.6) is 0 Å². The third-order valence-corrected chi connectivity index (χ3v) is 1.81. The molecule has 1 aromatic rings. The molecule has 0 N–H and O–H groups in total. The molecule has 0 heterocycles. The zero-order chi connectivity index (χ0) is 8.53. The van der Waals surface area contributed by atoms with Crippen LogP contribution in [0.15, 0.2) is 30.3 Å². The maximum absolute atomic E-state index is 4.68. The molecular weight excluding hydrogens is 152 g/mol. The summed E-state index contributed by atoms with van der Waals surface area (Å²) in [5.41, 5.74) is 1.32. The Kier molecular flexibility index (Phi) is 7.09. The minimum absolute atomic E-state index is 0.881. The smallest absolute Gasteiger partial charge is 0.145 e. The van der Waals surface area contributed by atoms with Gasteiger partial charge in [-0.1, -0.05) is 35.9 Å². The van der Waals surface area contributed by atoms with Gasteiger partial charge in [-0.2, -0.15) is 0 Å². The van der Waals surface area contributed by atoms with Gasteiger partial charge in [0.1, 0.15) is 10.5 Å². The number of benzene rings is 1. The van der Waals surface area contributed by atoms with Gasteiger partial charge in [-0.3, -0.25) is 0 Å². The van der Waals surface area contributed by atoms with Crippen molar-refractivity contribution in [1.29, 1.82) is 0 Å². The van der Waals surface area contributed by atoms with Crippen molar-refractivity contribution in [3.63, 3.8) is 0 Å². The average Bonchev–Trinajstić information content (AvgIpc) is 2.07. The lowest BCUT2D eigenvalue weighted by Crippen LogP contribution is -1.76. The Balaban J connectivity index is 0.000000218. The highest BCUT2D eigenvalue weighted by Gasteiger charge is 1.72. The molecule has 0 spiro atoms. The molecule has 0 amide bonds. The molecule has 0 bridgehead atoms. The second-order valence-corrected chi connectivity index (χ2v) is 2.81. The van der Waals surface area contributed by atoms with Crippen LogP contribution in [0.3, 0.4) is 0 Å². The molecule has 62 valence electrons. The predicted molar refractivity (Wildman–Crippen MR) is 52.7 cm³/mol. The molecule has 1 aromatic carbocycles. The van der Waals surface area contributed by atoms with Gasteiger partial charge >= 0.3 is 0 Å². The zero-order valence-electron chi connectivity index (χ0n) is 7.50. The molecule has 0 atom stereocenters. The number of hydrogen-bond donors (Lipinski definition) is 0. The van der Waals surface area contributed by atoms with Crippen molar-refractivity contribution in [2.24, 2.45) is 0 Å². The maximum Gasteiger partial charge on any atom is 0.145 e. The van der Waals surface area contributed by atoms with Gasteiger partial charge in [0.05, 0.1) is 0 Å². The first-order valence-corrected chi connectivity index (χ1v) is 4.63. The van der Waals surface area contributed by atoms with Crippen molar-refractivity contribution >= 4 is 10.5 Å². The summed E-state index contributed by atoms with van der Waals surface area (Å²) >= 11 is 0. The van der Waals surface area contributed by atoms with E-state index in [1.807, 2.05) is 25.1 Å². The van der Waals surface area contributed by atoms with Crippen LogP contribution in [0.25, 0.3) is 0 Å². The fourth-order valence-corrected chi connectivity index (χ4v) is 0.534. The molecule has 0 saturated heterocycles. The SMILES string of the molecule is CCO[SiH3].Cc1ccccc1. The van der Waals surface area contributed by atoms with E-state index in [2.05, 4.69) is 23.5 Å². The van der Waals surface area contributed by atoms with Crippen molar-refractivity contribution in [3.05, 3.63) is 35.9 Å². The van der Waals surface area contributed by atoms with Gasteiger partial charge in [-0.25, -0.2) is 0 Å². The Hall–Kier alpha value is -0.603. The molecule has 0 unspecified atom stereocenters. The highest BCUT2D eigenvalue weighted by molar-refractivity contribution is 5.97. The molecule has 0 aliphatic heterocycles. The molecule has 0 radical (unpaired) electrons. The van der Waals surface area contributed by atoms with E-state index in [0.29, 0.717) is 0 Å². The third kappa shape index (κ3) is 7.29. The van der Waals surface area contributed by atoms with Crippen LogP contribution in [0.4, 0.5) is 0 Å². The van der Waals surface area contributed by atoms with Gasteiger partial charge < -0.3 is 4.43 Å². The topological polar surface area (TPSA) is 9.23 Å². The van der Waals surface area contributed by atoms with Gasteiger partial charge in [0.2, 0.25) is 0 Å². The lowest BCUT2D eigenvalue weighted by Gasteiger charge is -1.82. The van der Waals surface area contributed by atoms with Crippen molar-refractivity contribution in [3.8, 4) is 0 Å². The van der Waals surface area contributed by atoms with Crippen molar-refractivity contribution in [2.45, 2.75) is 13.8 Å². The largest absolute Gasteiger partial charge is 0.428 e. The van der Waals surface area contributed by atoms with E-state index in [0.717, 1.165) is 17.1 Å². The van der Waals surface area contributed by atoms with Crippen LogP contribution >= 0.6 is 0 Å². The monoisotopic (exact) mass is 168 g/mol. The van der Waals surface area contributed by atoms with E-state index >= 15 is 0 Å². The summed E-state index contributed by atoms with van der Waals surface area (Å²) in [7, 11) is 0.890. The van der Waals surface area contributed by atoms with Gasteiger partial charge in [0, 0.05) is 6.61 Å². The second kappa shape index (κ2) is 7.50. The highest BCUT2D eigenvalue weighted by Crippen LogP contribution is 1.92. The van der Waals surface area contributed by atoms with Crippen molar-refractivity contribution in [1.82, 2.24) is 0 Å². The van der Waals surface area contributed by atoms with E-state index in [1.165, 1.54) is 5.56 Å². The summed E-state index contributed by atoms with van der Waals surface area (Å²) in [4.78, 5) is 0. The normalized spacial score (nSPS) is 8.55. The minimum Gasteiger partial charge on any atom is -0.428 e. The Labute approximate surface area is 71.9 Å². The third-order valence-electron chi connectivity index (χ3n) is 1.23. The number of rotatable bonds is 1. The Bertz CT molecular complexity index is 160. The zero-order valence-corrected chi connectivity index (χ0v) is 9.50. The van der Waals surface area contributed by atoms with E-state index in [1.54, 1.807) is 0 Å². The quantitative estimate of drug-likeness (QED) is 0.574. The molecule has 0 aliphatic rings. The molecule has 0 aliphatic carbocycles. The van der Waals surface area contributed by atoms with Crippen LogP contribution < -0.4 is 0 Å². The van der Waals surface area contributed by atoms with Crippen LogP contribution in [-0.4, -0.2) is 17.1 Å². The fraction of sp³-hybridized carbons (Fsp3) is 0.333. The summed E-state index contributed by atoms with van der Waals surface area (Å²) in [5.74, 6) is 0. The first kappa shape index (κ1) is 10.4. The summed E-state index contributed by atoms with van der Waals surface area (Å²) in [5, 5.41) is 0. The summed E-state index contributed by atoms with van der Waals surface area (Å²) in [6.45, 7) is 4.96. The van der Waals surface area contributed by atoms with Crippen molar-refractivity contribution in [2.75, 3.05) is 6.61 Å². The first-order valence-electron chi connectivity index (χ1n) is 3.81. The molecule has 0 fully saturated rings. The lowest BCUT2D eigenvalue weighted by molar-refractivity contribution is 0.375. The summed E-state index contributed by atoms with van der Waals surface area (Å²) < 4.78 is 4.68. The fourth-order valence-electron chi connectivity index (χ4n) is 0.534. The van der Waals surface area contributed by atoms with E-state index in [-0.39, 0.29) is 0 Å². The molecule has 11 heavy (non-hydrogen) atoms. The highest BCUT2D eigenvalue weighted by atomic mass is 28.2. The Morgan fingerprint density at radius 3 is 1.91 bits per heavy atom. The van der Waals surface area contributed by atoms with Gasteiger partial charge in [0.25, 0.3) is 0 Å². The van der Waals surface area contributed by atoms with E-state index in [4.69, 9.17) is 0 Å². The standard InChI is InChI=1S/C7H8.C2H8OSi/c1-7-5-3-2-4-6-7;1-2-3-4/h2-6H,1H3;2H2,1,4H3. The molecule has 1 rings (SSSR count). The maximum atomic E-state index is 4.68. The molecule has 2 heteroatoms. The van der Waals surface area contributed by atoms with Crippen LogP contribution in [0.1, 0.15) is 12.5 Å². The van der Waals surface area contributed by atoms with Gasteiger partial charge in [0.15, 0.2) is 0 Å². The number of hydrogen-bond acceptors (Lipinski definition) is 1. The predicted octanol–water partition coefficient (Wildman–Crippen LogP) is 1.30. The average molecular weight is 168 g/mol. The molecule has 0 saturated carbocycles. The van der Waals surface area contributed by atoms with Crippen LogP contribution in [0, 0.1) is 6.92 Å². The van der Waals surface area contributed by atoms with Gasteiger partial charge in [-0.15, -0.1) is 0 Å². The van der Waals surface area contributed by atoms with E-state index in [9.17, 15) is 0 Å². The molecular formula is C9H16OSi. The number of aryl methyl sites for hydroxylation is 1. The Morgan fingerprint density at radius 1 is 1.27 bits per heavy atom. The lowest BCUT2D eigenvalue weighted by atomic mass is 10.2. The Morgan fingerprint density at radius 2 is 1.73 bits per heavy atom. The molecule has 1 nitrogen and oxygen atoms in total. The second-order valence-electron chi connectivity index (χ2n) is 2.23. The summed E-state index contributed by atoms with van der Waals surface area (Å²) in [6, 6.07) is 10.3. The minimum atomic E-state index is 0.881. The first-order chi connectivity index (χ1) is 5.31.